The summed E-state index contributed by atoms with van der Waals surface area (Å²) in [5.74, 6) is 0.737. The van der Waals surface area contributed by atoms with E-state index in [9.17, 15) is 14.7 Å². The molecule has 39 heavy (non-hydrogen) atoms. The van der Waals surface area contributed by atoms with Gasteiger partial charge in [-0.2, -0.15) is 0 Å². The number of H-pyrrole nitrogens is 1. The summed E-state index contributed by atoms with van der Waals surface area (Å²) in [6.07, 6.45) is -2.19. The molecule has 0 saturated carbocycles. The number of nitrogens with one attached hydrogen (secondary N) is 2. The first-order valence-corrected chi connectivity index (χ1v) is 12.7. The Morgan fingerprint density at radius 1 is 0.897 bits per heavy atom. The minimum absolute atomic E-state index is 0.214. The van der Waals surface area contributed by atoms with Crippen molar-refractivity contribution in [2.45, 2.75) is 30.1 Å². The van der Waals surface area contributed by atoms with Crippen LogP contribution in [-0.2, 0) is 15.0 Å². The summed E-state index contributed by atoms with van der Waals surface area (Å²) in [6, 6.07) is 29.2. The van der Waals surface area contributed by atoms with Gasteiger partial charge in [-0.05, 0) is 28.8 Å². The van der Waals surface area contributed by atoms with Crippen LogP contribution in [0.15, 0.2) is 107 Å². The molecule has 4 atom stereocenters. The Balaban J connectivity index is 1.55. The molecule has 5 rings (SSSR count). The van der Waals surface area contributed by atoms with E-state index in [2.05, 4.69) is 34.6 Å². The van der Waals surface area contributed by atoms with Crippen LogP contribution in [0.2, 0.25) is 0 Å². The van der Waals surface area contributed by atoms with E-state index in [1.54, 1.807) is 7.11 Å². The highest BCUT2D eigenvalue weighted by molar-refractivity contribution is 5.50. The summed E-state index contributed by atoms with van der Waals surface area (Å²) in [5.41, 5.74) is 0.974. The maximum atomic E-state index is 12.5. The normalized spacial score (nSPS) is 21.1. The number of hydrogen-bond acceptors (Lipinski definition) is 7. The lowest BCUT2D eigenvalue weighted by atomic mass is 9.76. The number of ether oxygens (including phenoxy) is 3. The molecule has 1 aliphatic heterocycles. The van der Waals surface area contributed by atoms with Gasteiger partial charge in [0.2, 0.25) is 0 Å². The molecule has 0 radical (unpaired) electrons. The first-order valence-electron chi connectivity index (χ1n) is 12.7. The Hall–Kier alpha value is -4.02. The van der Waals surface area contributed by atoms with Crippen molar-refractivity contribution in [2.24, 2.45) is 0 Å². The number of aromatic amines is 1. The summed E-state index contributed by atoms with van der Waals surface area (Å²) in [4.78, 5) is 26.3. The number of rotatable bonds is 9. The molecule has 1 aliphatic rings. The summed E-state index contributed by atoms with van der Waals surface area (Å²) < 4.78 is 18.4. The minimum atomic E-state index is -1.05. The van der Waals surface area contributed by atoms with Gasteiger partial charge in [0.15, 0.2) is 6.23 Å². The van der Waals surface area contributed by atoms with Gasteiger partial charge in [-0.3, -0.25) is 19.7 Å². The monoisotopic (exact) mass is 529 g/mol. The third kappa shape index (κ3) is 5.05. The summed E-state index contributed by atoms with van der Waals surface area (Å²) >= 11 is 0. The van der Waals surface area contributed by atoms with Gasteiger partial charge in [0.25, 0.3) is 5.56 Å². The van der Waals surface area contributed by atoms with Gasteiger partial charge in [-0.1, -0.05) is 72.8 Å². The van der Waals surface area contributed by atoms with E-state index in [1.807, 2.05) is 60.7 Å². The fourth-order valence-electron chi connectivity index (χ4n) is 5.27. The van der Waals surface area contributed by atoms with E-state index < -0.39 is 41.3 Å². The number of aromatic nitrogens is 2. The largest absolute Gasteiger partial charge is 0.497 e. The van der Waals surface area contributed by atoms with Crippen molar-refractivity contribution < 1.29 is 19.3 Å². The second kappa shape index (κ2) is 11.4. The molecule has 0 bridgehead atoms. The molecular formula is C30H31N3O6. The average molecular weight is 530 g/mol. The third-order valence-corrected chi connectivity index (χ3v) is 7.22. The van der Waals surface area contributed by atoms with Crippen LogP contribution in [-0.4, -0.2) is 53.7 Å². The number of aliphatic hydroxyl groups is 1. The highest BCUT2D eigenvalue weighted by atomic mass is 16.6. The van der Waals surface area contributed by atoms with Crippen molar-refractivity contribution in [3.05, 3.63) is 135 Å². The van der Waals surface area contributed by atoms with Gasteiger partial charge in [0.1, 0.15) is 24.1 Å². The third-order valence-electron chi connectivity index (χ3n) is 7.22. The van der Waals surface area contributed by atoms with E-state index in [-0.39, 0.29) is 6.54 Å². The molecule has 4 aromatic rings. The van der Waals surface area contributed by atoms with Gasteiger partial charge < -0.3 is 19.3 Å². The Morgan fingerprint density at radius 2 is 1.49 bits per heavy atom. The van der Waals surface area contributed by atoms with Gasteiger partial charge in [0, 0.05) is 25.9 Å². The molecule has 2 heterocycles. The summed E-state index contributed by atoms with van der Waals surface area (Å²) in [7, 11) is 3.08. The van der Waals surface area contributed by atoms with Crippen molar-refractivity contribution in [1.82, 2.24) is 14.9 Å². The quantitative estimate of drug-likeness (QED) is 0.285. The Labute approximate surface area is 225 Å². The Bertz CT molecular complexity index is 1450. The first kappa shape index (κ1) is 26.6. The molecule has 1 saturated heterocycles. The predicted octanol–water partition coefficient (Wildman–Crippen LogP) is 2.40. The molecule has 9 heteroatoms. The lowest BCUT2D eigenvalue weighted by Gasteiger charge is -2.38. The fourth-order valence-corrected chi connectivity index (χ4v) is 5.27. The SMILES string of the molecule is COc1ccc(C(NC[C@H]2O[C@@H](n3ccc(=O)[nH]c3=O)[C@H](OC)[C@@H]2O)(c2ccccc2)c2ccccc2)cc1. The summed E-state index contributed by atoms with van der Waals surface area (Å²) in [5, 5.41) is 14.9. The zero-order chi connectivity index (χ0) is 27.4. The molecule has 0 aliphatic carbocycles. The van der Waals surface area contributed by atoms with Gasteiger partial charge in [-0.25, -0.2) is 4.79 Å². The molecule has 3 N–H and O–H groups in total. The van der Waals surface area contributed by atoms with Crippen LogP contribution in [0, 0.1) is 0 Å². The molecule has 9 nitrogen and oxygen atoms in total. The number of nitrogens with zero attached hydrogens (tertiary/aromatic N) is 1. The molecular weight excluding hydrogens is 498 g/mol. The fraction of sp³-hybridized carbons (Fsp3) is 0.267. The van der Waals surface area contributed by atoms with Crippen LogP contribution in [0.3, 0.4) is 0 Å². The molecule has 0 unspecified atom stereocenters. The van der Waals surface area contributed by atoms with E-state index in [0.29, 0.717) is 0 Å². The number of hydrogen-bond donors (Lipinski definition) is 3. The molecule has 1 aromatic heterocycles. The number of benzene rings is 3. The second-order valence-corrected chi connectivity index (χ2v) is 9.36. The van der Waals surface area contributed by atoms with Crippen molar-refractivity contribution >= 4 is 0 Å². The Morgan fingerprint density at radius 3 is 2.03 bits per heavy atom. The zero-order valence-corrected chi connectivity index (χ0v) is 21.7. The van der Waals surface area contributed by atoms with E-state index in [4.69, 9.17) is 14.2 Å². The van der Waals surface area contributed by atoms with Gasteiger partial charge >= 0.3 is 5.69 Å². The number of aliphatic hydroxyl groups excluding tert-OH is 1. The minimum Gasteiger partial charge on any atom is -0.497 e. The van der Waals surface area contributed by atoms with Crippen LogP contribution < -0.4 is 21.3 Å². The highest BCUT2D eigenvalue weighted by Crippen LogP contribution is 2.38. The molecule has 1 fully saturated rings. The predicted molar refractivity (Wildman–Crippen MR) is 146 cm³/mol. The van der Waals surface area contributed by atoms with Crippen LogP contribution in [0.4, 0.5) is 0 Å². The van der Waals surface area contributed by atoms with Crippen molar-refractivity contribution in [2.75, 3.05) is 20.8 Å². The van der Waals surface area contributed by atoms with E-state index in [1.165, 1.54) is 23.9 Å². The lowest BCUT2D eigenvalue weighted by Crippen LogP contribution is -2.49. The zero-order valence-electron chi connectivity index (χ0n) is 21.7. The first-order chi connectivity index (χ1) is 19.0. The highest BCUT2D eigenvalue weighted by Gasteiger charge is 2.47. The van der Waals surface area contributed by atoms with Crippen LogP contribution in [0.5, 0.6) is 5.75 Å². The molecule has 0 amide bonds. The van der Waals surface area contributed by atoms with Crippen molar-refractivity contribution in [3.8, 4) is 5.75 Å². The van der Waals surface area contributed by atoms with Crippen molar-refractivity contribution in [1.29, 1.82) is 0 Å². The van der Waals surface area contributed by atoms with Gasteiger partial charge in [-0.15, -0.1) is 0 Å². The van der Waals surface area contributed by atoms with Crippen molar-refractivity contribution in [3.63, 3.8) is 0 Å². The lowest BCUT2D eigenvalue weighted by molar-refractivity contribution is -0.0540. The smallest absolute Gasteiger partial charge is 0.330 e. The average Bonchev–Trinajstić information content (AvgIpc) is 3.29. The maximum absolute atomic E-state index is 12.5. The maximum Gasteiger partial charge on any atom is 0.330 e. The standard InChI is InChI=1S/C30H31N3O6/c1-37-23-15-13-22(14-16-23)30(20-9-5-3-6-10-20,21-11-7-4-8-12-21)31-19-24-26(35)27(38-2)28(39-24)33-18-17-25(34)32-29(33)36/h3-18,24,26-28,31,35H,19H2,1-2H3,(H,32,34,36)/t24-,26-,27-,28-/m1/s1. The Kier molecular flexibility index (Phi) is 7.76. The van der Waals surface area contributed by atoms with Gasteiger partial charge in [0.05, 0.1) is 12.6 Å². The van der Waals surface area contributed by atoms with Crippen LogP contribution >= 0.6 is 0 Å². The molecule has 3 aromatic carbocycles. The summed E-state index contributed by atoms with van der Waals surface area (Å²) in [6.45, 7) is 0.214. The van der Waals surface area contributed by atoms with E-state index >= 15 is 0 Å². The van der Waals surface area contributed by atoms with E-state index in [0.717, 1.165) is 22.4 Å². The number of methoxy groups -OCH3 is 2. The second-order valence-electron chi connectivity index (χ2n) is 9.36. The molecule has 0 spiro atoms. The topological polar surface area (TPSA) is 115 Å². The van der Waals surface area contributed by atoms with Crippen LogP contribution in [0.1, 0.15) is 22.9 Å². The molecule has 202 valence electrons. The van der Waals surface area contributed by atoms with Crippen LogP contribution in [0.25, 0.3) is 0 Å².